The van der Waals surface area contributed by atoms with E-state index in [2.05, 4.69) is 31.8 Å². The summed E-state index contributed by atoms with van der Waals surface area (Å²) < 4.78 is 0.883. The molecule has 0 aliphatic heterocycles. The van der Waals surface area contributed by atoms with Gasteiger partial charge in [0.25, 0.3) is 11.8 Å². The number of carbonyl (C=O) groups is 2. The number of rotatable bonds is 5. The van der Waals surface area contributed by atoms with Crippen LogP contribution in [0.15, 0.2) is 81.3 Å². The Hall–Kier alpha value is -2.84. The summed E-state index contributed by atoms with van der Waals surface area (Å²) in [5.41, 5.74) is 6.76. The second-order valence-corrected chi connectivity index (χ2v) is 8.24. The smallest absolute Gasteiger partial charge is 0.270 e. The Morgan fingerprint density at radius 2 is 1.72 bits per heavy atom. The summed E-state index contributed by atoms with van der Waals surface area (Å²) >= 11 is 4.73. The number of pyridine rings is 1. The summed E-state index contributed by atoms with van der Waals surface area (Å²) in [6.07, 6.45) is 1.70. The van der Waals surface area contributed by atoms with Gasteiger partial charge in [0.15, 0.2) is 0 Å². The lowest BCUT2D eigenvalue weighted by molar-refractivity contribution is 0.0845. The van der Waals surface area contributed by atoms with Crippen molar-refractivity contribution in [3.8, 4) is 0 Å². The van der Waals surface area contributed by atoms with Gasteiger partial charge in [0.2, 0.25) is 0 Å². The number of carbonyl (C=O) groups excluding carboxylic acids is 2. The van der Waals surface area contributed by atoms with Crippen LogP contribution in [0.25, 0.3) is 0 Å². The Morgan fingerprint density at radius 1 is 0.966 bits per heavy atom. The molecule has 6 nitrogen and oxygen atoms in total. The van der Waals surface area contributed by atoms with Crippen molar-refractivity contribution in [1.82, 2.24) is 15.8 Å². The normalized spacial score (nSPS) is 10.3. The fourth-order valence-electron chi connectivity index (χ4n) is 2.46. The summed E-state index contributed by atoms with van der Waals surface area (Å²) in [6, 6.07) is 18.1. The summed E-state index contributed by atoms with van der Waals surface area (Å²) in [4.78, 5) is 32.0. The van der Waals surface area contributed by atoms with Gasteiger partial charge in [-0.2, -0.15) is 0 Å². The molecule has 3 aromatic rings. The molecule has 0 unspecified atom stereocenters. The highest BCUT2D eigenvalue weighted by molar-refractivity contribution is 9.10. The van der Waals surface area contributed by atoms with Crippen LogP contribution in [0.2, 0.25) is 0 Å². The first-order valence-electron chi connectivity index (χ1n) is 8.70. The number of anilines is 1. The topological polar surface area (TPSA) is 74.3 Å². The molecular weight excluding hydrogens is 452 g/mol. The Balaban J connectivity index is 1.69. The van der Waals surface area contributed by atoms with Gasteiger partial charge >= 0.3 is 0 Å². The maximum absolute atomic E-state index is 12.6. The molecule has 1 heterocycles. The second kappa shape index (κ2) is 9.58. The van der Waals surface area contributed by atoms with E-state index in [1.807, 2.05) is 49.3 Å². The lowest BCUT2D eigenvalue weighted by atomic mass is 10.2. The zero-order valence-corrected chi connectivity index (χ0v) is 18.3. The minimum absolute atomic E-state index is 0.387. The molecule has 2 aromatic carbocycles. The third kappa shape index (κ3) is 5.58. The molecule has 0 saturated heterocycles. The number of nitrogens with one attached hydrogen (secondary N) is 2. The highest BCUT2D eigenvalue weighted by Crippen LogP contribution is 2.29. The Bertz CT molecular complexity index is 1030. The maximum atomic E-state index is 12.6. The van der Waals surface area contributed by atoms with Crippen LogP contribution < -0.4 is 15.8 Å². The Kier molecular flexibility index (Phi) is 6.90. The van der Waals surface area contributed by atoms with Crippen molar-refractivity contribution >= 4 is 45.2 Å². The number of hydrogen-bond acceptors (Lipinski definition) is 5. The van der Waals surface area contributed by atoms with Gasteiger partial charge in [0.1, 0.15) is 5.03 Å². The maximum Gasteiger partial charge on any atom is 0.270 e. The molecule has 0 fully saturated rings. The first-order valence-corrected chi connectivity index (χ1v) is 10.3. The van der Waals surface area contributed by atoms with Crippen molar-refractivity contribution in [1.29, 1.82) is 0 Å². The average Bonchev–Trinajstić information content (AvgIpc) is 2.74. The SMILES string of the molecule is CN(C)c1cccc(C(=O)NNC(=O)c2ccccc2Sc2ccc(Br)cn2)c1. The minimum atomic E-state index is -0.401. The zero-order valence-electron chi connectivity index (χ0n) is 15.8. The van der Waals surface area contributed by atoms with Gasteiger partial charge in [0.05, 0.1) is 5.56 Å². The fourth-order valence-corrected chi connectivity index (χ4v) is 3.58. The van der Waals surface area contributed by atoms with E-state index in [1.54, 1.807) is 36.5 Å². The van der Waals surface area contributed by atoms with E-state index in [0.717, 1.165) is 20.1 Å². The third-order valence-corrected chi connectivity index (χ3v) is 5.46. The van der Waals surface area contributed by atoms with E-state index in [9.17, 15) is 9.59 Å². The number of benzene rings is 2. The lowest BCUT2D eigenvalue weighted by Gasteiger charge is -2.14. The number of aromatic nitrogens is 1. The van der Waals surface area contributed by atoms with Gasteiger partial charge in [-0.05, 0) is 58.4 Å². The molecule has 0 bridgehead atoms. The van der Waals surface area contributed by atoms with Crippen LogP contribution >= 0.6 is 27.7 Å². The number of halogens is 1. The fraction of sp³-hybridized carbons (Fsp3) is 0.0952. The number of hydrazine groups is 1. The van der Waals surface area contributed by atoms with Crippen LogP contribution in [0.4, 0.5) is 5.69 Å². The largest absolute Gasteiger partial charge is 0.378 e. The van der Waals surface area contributed by atoms with Crippen LogP contribution in [0.1, 0.15) is 20.7 Å². The van der Waals surface area contributed by atoms with Gasteiger partial charge < -0.3 is 4.90 Å². The molecule has 148 valence electrons. The second-order valence-electron chi connectivity index (χ2n) is 6.27. The van der Waals surface area contributed by atoms with E-state index < -0.39 is 5.91 Å². The number of amides is 2. The molecular formula is C21H19BrN4O2S. The quantitative estimate of drug-likeness (QED) is 0.548. The Morgan fingerprint density at radius 3 is 2.45 bits per heavy atom. The highest BCUT2D eigenvalue weighted by Gasteiger charge is 2.14. The minimum Gasteiger partial charge on any atom is -0.378 e. The first-order chi connectivity index (χ1) is 13.9. The molecule has 0 aliphatic rings. The van der Waals surface area contributed by atoms with Crippen molar-refractivity contribution in [3.63, 3.8) is 0 Å². The summed E-state index contributed by atoms with van der Waals surface area (Å²) in [5, 5.41) is 0.762. The molecule has 1 aromatic heterocycles. The van der Waals surface area contributed by atoms with Gasteiger partial charge in [-0.3, -0.25) is 20.4 Å². The number of hydrogen-bond donors (Lipinski definition) is 2. The molecule has 3 rings (SSSR count). The molecule has 0 aliphatic carbocycles. The predicted octanol–water partition coefficient (Wildman–Crippen LogP) is 4.14. The van der Waals surface area contributed by atoms with Crippen LogP contribution in [-0.4, -0.2) is 30.9 Å². The van der Waals surface area contributed by atoms with Crippen LogP contribution in [0.5, 0.6) is 0 Å². The van der Waals surface area contributed by atoms with E-state index >= 15 is 0 Å². The molecule has 0 saturated carbocycles. The van der Waals surface area contributed by atoms with E-state index in [0.29, 0.717) is 11.1 Å². The van der Waals surface area contributed by atoms with Gasteiger partial charge in [-0.15, -0.1) is 0 Å². The molecule has 29 heavy (non-hydrogen) atoms. The van der Waals surface area contributed by atoms with Crippen LogP contribution in [0, 0.1) is 0 Å². The van der Waals surface area contributed by atoms with Crippen LogP contribution in [-0.2, 0) is 0 Å². The molecule has 0 spiro atoms. The van der Waals surface area contributed by atoms with Crippen molar-refractivity contribution in [3.05, 3.63) is 82.5 Å². The molecule has 0 radical (unpaired) electrons. The summed E-state index contributed by atoms with van der Waals surface area (Å²) in [6.45, 7) is 0. The molecule has 0 atom stereocenters. The Labute approximate surface area is 181 Å². The molecule has 8 heteroatoms. The number of nitrogens with zero attached hydrogens (tertiary/aromatic N) is 2. The molecule has 2 N–H and O–H groups in total. The van der Waals surface area contributed by atoms with Crippen molar-refractivity contribution in [2.45, 2.75) is 9.92 Å². The van der Waals surface area contributed by atoms with Gasteiger partial charge in [-0.1, -0.05) is 30.0 Å². The average molecular weight is 471 g/mol. The van der Waals surface area contributed by atoms with Crippen molar-refractivity contribution in [2.24, 2.45) is 0 Å². The summed E-state index contributed by atoms with van der Waals surface area (Å²) in [5.74, 6) is -0.788. The standard InChI is InChI=1S/C21H19BrN4O2S/c1-26(2)16-7-5-6-14(12-16)20(27)24-25-21(28)17-8-3-4-9-18(17)29-19-11-10-15(22)13-23-19/h3-13H,1-2H3,(H,24,27)(H,25,28). The van der Waals surface area contributed by atoms with Crippen molar-refractivity contribution < 1.29 is 9.59 Å². The third-order valence-electron chi connectivity index (χ3n) is 3.96. The van der Waals surface area contributed by atoms with E-state index in [-0.39, 0.29) is 5.91 Å². The zero-order chi connectivity index (χ0) is 20.8. The monoisotopic (exact) mass is 470 g/mol. The van der Waals surface area contributed by atoms with Crippen molar-refractivity contribution in [2.75, 3.05) is 19.0 Å². The predicted molar refractivity (Wildman–Crippen MR) is 118 cm³/mol. The lowest BCUT2D eigenvalue weighted by Crippen LogP contribution is -2.41. The van der Waals surface area contributed by atoms with E-state index in [4.69, 9.17) is 0 Å². The molecule has 2 amide bonds. The first kappa shape index (κ1) is 20.9. The van der Waals surface area contributed by atoms with Crippen LogP contribution in [0.3, 0.4) is 0 Å². The highest BCUT2D eigenvalue weighted by atomic mass is 79.9. The summed E-state index contributed by atoms with van der Waals surface area (Å²) in [7, 11) is 3.79. The van der Waals surface area contributed by atoms with Gasteiger partial charge in [-0.25, -0.2) is 4.98 Å². The van der Waals surface area contributed by atoms with Gasteiger partial charge in [0, 0.05) is 40.9 Å². The van der Waals surface area contributed by atoms with E-state index in [1.165, 1.54) is 11.8 Å².